The van der Waals surface area contributed by atoms with Crippen LogP contribution < -0.4 is 0 Å². The molecule has 17 heavy (non-hydrogen) atoms. The molecule has 1 aliphatic carbocycles. The first-order valence-electron chi connectivity index (χ1n) is 6.54. The summed E-state index contributed by atoms with van der Waals surface area (Å²) in [4.78, 5) is 16.6. The summed E-state index contributed by atoms with van der Waals surface area (Å²) in [5.41, 5.74) is -0.672. The number of rotatable bonds is 2. The Morgan fingerprint density at radius 2 is 2.18 bits per heavy atom. The average molecular weight is 235 g/mol. The molecule has 1 saturated heterocycles. The van der Waals surface area contributed by atoms with Crippen LogP contribution in [0.15, 0.2) is 0 Å². The van der Waals surface area contributed by atoms with Crippen LogP contribution in [0.3, 0.4) is 0 Å². The molecule has 2 aliphatic rings. The van der Waals surface area contributed by atoms with E-state index in [1.165, 1.54) is 0 Å². The first kappa shape index (κ1) is 12.4. The molecular weight excluding hydrogens is 214 g/mol. The summed E-state index contributed by atoms with van der Waals surface area (Å²) in [5, 5.41) is 9.20. The normalized spacial score (nSPS) is 28.3. The Kier molecular flexibility index (Phi) is 3.39. The smallest absolute Gasteiger partial charge is 0.243 e. The van der Waals surface area contributed by atoms with Gasteiger partial charge in [-0.05, 0) is 32.7 Å². The predicted molar refractivity (Wildman–Crippen MR) is 65.2 cm³/mol. The average Bonchev–Trinajstić information content (AvgIpc) is 2.29. The van der Waals surface area contributed by atoms with Gasteiger partial charge in [-0.1, -0.05) is 6.92 Å². The third kappa shape index (κ3) is 2.04. The van der Waals surface area contributed by atoms with Crippen molar-refractivity contribution in [2.24, 2.45) is 5.41 Å². The van der Waals surface area contributed by atoms with Crippen LogP contribution >= 0.6 is 0 Å². The molecule has 0 aromatic carbocycles. The van der Waals surface area contributed by atoms with Crippen molar-refractivity contribution in [1.29, 1.82) is 5.26 Å². The van der Waals surface area contributed by atoms with Crippen molar-refractivity contribution in [3.63, 3.8) is 0 Å². The van der Waals surface area contributed by atoms with E-state index < -0.39 is 5.41 Å². The predicted octanol–water partition coefficient (Wildman–Crippen LogP) is 1.23. The summed E-state index contributed by atoms with van der Waals surface area (Å²) < 4.78 is 0. The number of amides is 1. The van der Waals surface area contributed by atoms with Crippen LogP contribution in [0.2, 0.25) is 0 Å². The van der Waals surface area contributed by atoms with E-state index in [1.54, 1.807) is 0 Å². The van der Waals surface area contributed by atoms with E-state index in [0.29, 0.717) is 6.04 Å². The van der Waals surface area contributed by atoms with Crippen LogP contribution in [0, 0.1) is 16.7 Å². The lowest BCUT2D eigenvalue weighted by atomic mass is 9.69. The monoisotopic (exact) mass is 235 g/mol. The molecule has 1 atom stereocenters. The Labute approximate surface area is 103 Å². The van der Waals surface area contributed by atoms with Gasteiger partial charge in [-0.15, -0.1) is 0 Å². The zero-order valence-corrected chi connectivity index (χ0v) is 10.8. The number of carbonyl (C=O) groups excluding carboxylic acids is 1. The standard InChI is InChI=1S/C13H21N3O/c1-3-11-9-16(8-7-15(11)2)12(17)13(10-14)5-4-6-13/h11H,3-9H2,1-2H3. The van der Waals surface area contributed by atoms with Gasteiger partial charge < -0.3 is 4.90 Å². The number of hydrogen-bond donors (Lipinski definition) is 0. The zero-order chi connectivity index (χ0) is 12.5. The first-order chi connectivity index (χ1) is 8.13. The summed E-state index contributed by atoms with van der Waals surface area (Å²) >= 11 is 0. The van der Waals surface area contributed by atoms with Crippen LogP contribution in [0.5, 0.6) is 0 Å². The minimum absolute atomic E-state index is 0.0813. The molecular formula is C13H21N3O. The molecule has 1 aliphatic heterocycles. The maximum atomic E-state index is 12.4. The molecule has 4 heteroatoms. The molecule has 1 amide bonds. The van der Waals surface area contributed by atoms with Gasteiger partial charge in [-0.2, -0.15) is 5.26 Å². The van der Waals surface area contributed by atoms with E-state index in [1.807, 2.05) is 4.90 Å². The maximum Gasteiger partial charge on any atom is 0.243 e. The van der Waals surface area contributed by atoms with Crippen molar-refractivity contribution >= 4 is 5.91 Å². The van der Waals surface area contributed by atoms with E-state index in [4.69, 9.17) is 0 Å². The molecule has 2 fully saturated rings. The topological polar surface area (TPSA) is 47.3 Å². The third-order valence-corrected chi connectivity index (χ3v) is 4.37. The fourth-order valence-corrected chi connectivity index (χ4v) is 2.78. The lowest BCUT2D eigenvalue weighted by molar-refractivity contribution is -0.145. The van der Waals surface area contributed by atoms with Crippen molar-refractivity contribution < 1.29 is 4.79 Å². The van der Waals surface area contributed by atoms with Gasteiger partial charge in [0.05, 0.1) is 6.07 Å². The molecule has 0 radical (unpaired) electrons. The van der Waals surface area contributed by atoms with Crippen molar-refractivity contribution in [1.82, 2.24) is 9.80 Å². The highest BCUT2D eigenvalue weighted by Crippen LogP contribution is 2.42. The van der Waals surface area contributed by atoms with E-state index >= 15 is 0 Å². The SMILES string of the molecule is CCC1CN(C(=O)C2(C#N)CCC2)CCN1C. The number of carbonyl (C=O) groups is 1. The van der Waals surface area contributed by atoms with E-state index in [9.17, 15) is 10.1 Å². The Morgan fingerprint density at radius 3 is 2.65 bits per heavy atom. The van der Waals surface area contributed by atoms with Crippen LogP contribution in [-0.4, -0.2) is 48.4 Å². The molecule has 1 unspecified atom stereocenters. The summed E-state index contributed by atoms with van der Waals surface area (Å²) in [6.45, 7) is 4.63. The Morgan fingerprint density at radius 1 is 1.47 bits per heavy atom. The van der Waals surface area contributed by atoms with E-state index in [2.05, 4.69) is 24.9 Å². The first-order valence-corrected chi connectivity index (χ1v) is 6.54. The second-order valence-electron chi connectivity index (χ2n) is 5.34. The van der Waals surface area contributed by atoms with Gasteiger partial charge in [0, 0.05) is 25.7 Å². The number of nitriles is 1. The number of nitrogens with zero attached hydrogens (tertiary/aromatic N) is 3. The fourth-order valence-electron chi connectivity index (χ4n) is 2.78. The minimum atomic E-state index is -0.672. The summed E-state index contributed by atoms with van der Waals surface area (Å²) in [7, 11) is 2.11. The summed E-state index contributed by atoms with van der Waals surface area (Å²) in [6.07, 6.45) is 3.58. The molecule has 0 aromatic heterocycles. The molecule has 0 N–H and O–H groups in total. The van der Waals surface area contributed by atoms with E-state index in [-0.39, 0.29) is 5.91 Å². The number of likely N-dealkylation sites (N-methyl/N-ethyl adjacent to an activating group) is 1. The van der Waals surface area contributed by atoms with Crippen LogP contribution in [0.25, 0.3) is 0 Å². The Balaban J connectivity index is 2.03. The molecule has 2 rings (SSSR count). The second kappa shape index (κ2) is 4.66. The minimum Gasteiger partial charge on any atom is -0.338 e. The molecule has 1 saturated carbocycles. The van der Waals surface area contributed by atoms with Crippen molar-refractivity contribution in [2.45, 2.75) is 38.6 Å². The molecule has 1 heterocycles. The van der Waals surface area contributed by atoms with Gasteiger partial charge >= 0.3 is 0 Å². The van der Waals surface area contributed by atoms with Crippen molar-refractivity contribution in [3.05, 3.63) is 0 Å². The number of hydrogen-bond acceptors (Lipinski definition) is 3. The Hall–Kier alpha value is -1.08. The van der Waals surface area contributed by atoms with Crippen LogP contribution in [0.4, 0.5) is 0 Å². The third-order valence-electron chi connectivity index (χ3n) is 4.37. The highest BCUT2D eigenvalue weighted by molar-refractivity contribution is 5.86. The molecule has 4 nitrogen and oxygen atoms in total. The lowest BCUT2D eigenvalue weighted by Crippen LogP contribution is -2.57. The van der Waals surface area contributed by atoms with Gasteiger partial charge in [0.1, 0.15) is 5.41 Å². The van der Waals surface area contributed by atoms with Gasteiger partial charge in [0.2, 0.25) is 5.91 Å². The highest BCUT2D eigenvalue weighted by Gasteiger charge is 2.47. The zero-order valence-electron chi connectivity index (χ0n) is 10.8. The van der Waals surface area contributed by atoms with Crippen molar-refractivity contribution in [2.75, 3.05) is 26.7 Å². The molecule has 94 valence electrons. The van der Waals surface area contributed by atoms with E-state index in [0.717, 1.165) is 45.3 Å². The van der Waals surface area contributed by atoms with Crippen LogP contribution in [-0.2, 0) is 4.79 Å². The maximum absolute atomic E-state index is 12.4. The lowest BCUT2D eigenvalue weighted by Gasteiger charge is -2.44. The molecule has 0 aromatic rings. The molecule has 0 bridgehead atoms. The van der Waals surface area contributed by atoms with Crippen LogP contribution in [0.1, 0.15) is 32.6 Å². The quantitative estimate of drug-likeness (QED) is 0.723. The number of piperazine rings is 1. The van der Waals surface area contributed by atoms with Crippen molar-refractivity contribution in [3.8, 4) is 6.07 Å². The highest BCUT2D eigenvalue weighted by atomic mass is 16.2. The van der Waals surface area contributed by atoms with Gasteiger partial charge in [-0.3, -0.25) is 9.69 Å². The largest absolute Gasteiger partial charge is 0.338 e. The summed E-state index contributed by atoms with van der Waals surface area (Å²) in [6, 6.07) is 2.70. The fraction of sp³-hybridized carbons (Fsp3) is 0.846. The molecule has 0 spiro atoms. The summed E-state index contributed by atoms with van der Waals surface area (Å²) in [5.74, 6) is 0.0813. The van der Waals surface area contributed by atoms with Gasteiger partial charge in [0.25, 0.3) is 0 Å². The second-order valence-corrected chi connectivity index (χ2v) is 5.34. The Bertz CT molecular complexity index is 343. The van der Waals surface area contributed by atoms with Gasteiger partial charge in [0.15, 0.2) is 0 Å². The van der Waals surface area contributed by atoms with Gasteiger partial charge in [-0.25, -0.2) is 0 Å².